The molecule has 0 fully saturated rings. The van der Waals surface area contributed by atoms with E-state index in [1.807, 2.05) is 60.7 Å². The van der Waals surface area contributed by atoms with Crippen molar-refractivity contribution < 1.29 is 9.09 Å². The van der Waals surface area contributed by atoms with E-state index in [4.69, 9.17) is 4.52 Å². The molecule has 0 spiro atoms. The first-order valence-corrected chi connectivity index (χ1v) is 7.20. The maximum Gasteiger partial charge on any atom is 0.597 e. The third-order valence-corrected chi connectivity index (χ3v) is 3.97. The fourth-order valence-corrected chi connectivity index (χ4v) is 2.75. The SMILES string of the molecule is O=[P+](Oc1ccc2ccccc2c1)c1ccccc1. The minimum Gasteiger partial charge on any atom is -0.250 e. The lowest BCUT2D eigenvalue weighted by Crippen LogP contribution is -1.98. The molecule has 1 unspecified atom stereocenters. The van der Waals surface area contributed by atoms with E-state index in [0.29, 0.717) is 11.1 Å². The summed E-state index contributed by atoms with van der Waals surface area (Å²) < 4.78 is 17.6. The van der Waals surface area contributed by atoms with Gasteiger partial charge in [0.05, 0.1) is 0 Å². The molecule has 3 aromatic rings. The van der Waals surface area contributed by atoms with Gasteiger partial charge in [0.1, 0.15) is 0 Å². The summed E-state index contributed by atoms with van der Waals surface area (Å²) in [5.74, 6) is 0.628. The van der Waals surface area contributed by atoms with Gasteiger partial charge in [-0.3, -0.25) is 4.52 Å². The zero-order valence-corrected chi connectivity index (χ0v) is 11.1. The molecule has 0 aliphatic rings. The van der Waals surface area contributed by atoms with Gasteiger partial charge in [0.15, 0.2) is 5.75 Å². The first kappa shape index (κ1) is 11.9. The minimum atomic E-state index is -1.86. The first-order valence-electron chi connectivity index (χ1n) is 6.02. The van der Waals surface area contributed by atoms with E-state index in [0.717, 1.165) is 10.8 Å². The summed E-state index contributed by atoms with van der Waals surface area (Å²) >= 11 is 0. The van der Waals surface area contributed by atoms with Crippen molar-refractivity contribution in [2.45, 2.75) is 0 Å². The summed E-state index contributed by atoms with van der Waals surface area (Å²) in [6, 6.07) is 23.0. The van der Waals surface area contributed by atoms with E-state index >= 15 is 0 Å². The normalized spacial score (nSPS) is 11.3. The van der Waals surface area contributed by atoms with Crippen molar-refractivity contribution in [3.8, 4) is 5.75 Å². The maximum absolute atomic E-state index is 12.1. The van der Waals surface area contributed by atoms with Crippen molar-refractivity contribution in [1.82, 2.24) is 0 Å². The summed E-state index contributed by atoms with van der Waals surface area (Å²) in [6.07, 6.45) is 0. The van der Waals surface area contributed by atoms with Crippen LogP contribution in [0.5, 0.6) is 5.75 Å². The van der Waals surface area contributed by atoms with Crippen LogP contribution in [0, 0.1) is 0 Å². The number of hydrogen-bond donors (Lipinski definition) is 0. The van der Waals surface area contributed by atoms with E-state index < -0.39 is 8.03 Å². The highest BCUT2D eigenvalue weighted by molar-refractivity contribution is 7.48. The van der Waals surface area contributed by atoms with Crippen LogP contribution in [-0.4, -0.2) is 0 Å². The van der Waals surface area contributed by atoms with Crippen molar-refractivity contribution in [3.63, 3.8) is 0 Å². The fourth-order valence-electron chi connectivity index (χ4n) is 1.92. The number of fused-ring (bicyclic) bond motifs is 1. The van der Waals surface area contributed by atoms with Gasteiger partial charge in [-0.05, 0) is 39.6 Å². The van der Waals surface area contributed by atoms with Crippen molar-refractivity contribution in [3.05, 3.63) is 72.8 Å². The zero-order valence-electron chi connectivity index (χ0n) is 10.2. The molecule has 0 amide bonds. The molecule has 19 heavy (non-hydrogen) atoms. The van der Waals surface area contributed by atoms with Gasteiger partial charge < -0.3 is 0 Å². The molecule has 3 heteroatoms. The molecule has 3 rings (SSSR count). The molecular weight excluding hydrogens is 255 g/mol. The second kappa shape index (κ2) is 5.21. The largest absolute Gasteiger partial charge is 0.597 e. The lowest BCUT2D eigenvalue weighted by atomic mass is 10.1. The molecule has 0 aliphatic heterocycles. The Morgan fingerprint density at radius 1 is 0.737 bits per heavy atom. The lowest BCUT2D eigenvalue weighted by molar-refractivity contribution is 0.515. The van der Waals surface area contributed by atoms with E-state index in [-0.39, 0.29) is 0 Å². The molecular formula is C16H12O2P+. The fraction of sp³-hybridized carbons (Fsp3) is 0. The second-order valence-corrected chi connectivity index (χ2v) is 5.41. The standard InChI is InChI=1S/C16H12O2P/c17-19(16-8-2-1-3-9-16)18-15-11-10-13-6-4-5-7-14(13)12-15/h1-12H/q+1. The Bertz CT molecular complexity index is 723. The molecule has 0 aromatic heterocycles. The highest BCUT2D eigenvalue weighted by atomic mass is 31.1. The van der Waals surface area contributed by atoms with Crippen LogP contribution in [0.25, 0.3) is 10.8 Å². The number of hydrogen-bond acceptors (Lipinski definition) is 2. The van der Waals surface area contributed by atoms with Crippen LogP contribution in [0.2, 0.25) is 0 Å². The lowest BCUT2D eigenvalue weighted by Gasteiger charge is -1.98. The summed E-state index contributed by atoms with van der Waals surface area (Å²) in [5.41, 5.74) is 0. The quantitative estimate of drug-likeness (QED) is 0.662. The van der Waals surface area contributed by atoms with Crippen LogP contribution in [0.4, 0.5) is 0 Å². The Labute approximate surface area is 112 Å². The van der Waals surface area contributed by atoms with Crippen LogP contribution in [0.3, 0.4) is 0 Å². The molecule has 0 radical (unpaired) electrons. The number of rotatable bonds is 3. The smallest absolute Gasteiger partial charge is 0.250 e. The Balaban J connectivity index is 1.87. The Morgan fingerprint density at radius 3 is 2.21 bits per heavy atom. The van der Waals surface area contributed by atoms with Crippen molar-refractivity contribution in [2.24, 2.45) is 0 Å². The third-order valence-electron chi connectivity index (χ3n) is 2.88. The summed E-state index contributed by atoms with van der Waals surface area (Å²) in [6.45, 7) is 0. The molecule has 0 saturated carbocycles. The highest BCUT2D eigenvalue weighted by Crippen LogP contribution is 2.28. The number of benzene rings is 3. The molecule has 2 nitrogen and oxygen atoms in total. The zero-order chi connectivity index (χ0) is 13.1. The molecule has 0 saturated heterocycles. The van der Waals surface area contributed by atoms with E-state index in [2.05, 4.69) is 0 Å². The van der Waals surface area contributed by atoms with Gasteiger partial charge in [-0.1, -0.05) is 48.5 Å². The predicted molar refractivity (Wildman–Crippen MR) is 78.3 cm³/mol. The Kier molecular flexibility index (Phi) is 3.26. The van der Waals surface area contributed by atoms with Crippen LogP contribution >= 0.6 is 8.03 Å². The minimum absolute atomic E-state index is 0.628. The van der Waals surface area contributed by atoms with E-state index in [1.165, 1.54) is 0 Å². The third kappa shape index (κ3) is 2.64. The second-order valence-electron chi connectivity index (χ2n) is 4.19. The van der Waals surface area contributed by atoms with Crippen LogP contribution in [-0.2, 0) is 4.57 Å². The van der Waals surface area contributed by atoms with Crippen LogP contribution < -0.4 is 9.83 Å². The summed E-state index contributed by atoms with van der Waals surface area (Å²) in [7, 11) is -1.86. The molecule has 0 aliphatic carbocycles. The molecule has 3 aromatic carbocycles. The summed E-state index contributed by atoms with van der Waals surface area (Å²) in [4.78, 5) is 0. The molecule has 0 bridgehead atoms. The average molecular weight is 267 g/mol. The van der Waals surface area contributed by atoms with Gasteiger partial charge in [0.2, 0.25) is 5.30 Å². The van der Waals surface area contributed by atoms with E-state index in [9.17, 15) is 4.57 Å². The molecule has 0 N–H and O–H groups in total. The van der Waals surface area contributed by atoms with Gasteiger partial charge in [-0.25, -0.2) is 0 Å². The van der Waals surface area contributed by atoms with E-state index in [1.54, 1.807) is 12.1 Å². The van der Waals surface area contributed by atoms with Crippen molar-refractivity contribution >= 4 is 24.1 Å². The summed E-state index contributed by atoms with van der Waals surface area (Å²) in [5, 5.41) is 2.92. The average Bonchev–Trinajstić information content (AvgIpc) is 2.48. The monoisotopic (exact) mass is 267 g/mol. The highest BCUT2D eigenvalue weighted by Gasteiger charge is 2.22. The Hall–Kier alpha value is -2.18. The molecule has 1 atom stereocenters. The maximum atomic E-state index is 12.1. The molecule has 0 heterocycles. The van der Waals surface area contributed by atoms with Gasteiger partial charge in [0.25, 0.3) is 0 Å². The molecule has 92 valence electrons. The van der Waals surface area contributed by atoms with Gasteiger partial charge in [0, 0.05) is 0 Å². The van der Waals surface area contributed by atoms with Gasteiger partial charge in [-0.2, -0.15) is 0 Å². The Morgan fingerprint density at radius 2 is 1.42 bits per heavy atom. The van der Waals surface area contributed by atoms with Crippen molar-refractivity contribution in [1.29, 1.82) is 0 Å². The predicted octanol–water partition coefficient (Wildman–Crippen LogP) is 4.29. The van der Waals surface area contributed by atoms with Crippen LogP contribution in [0.15, 0.2) is 72.8 Å². The van der Waals surface area contributed by atoms with Gasteiger partial charge in [-0.15, -0.1) is 0 Å². The first-order chi connectivity index (χ1) is 9.33. The van der Waals surface area contributed by atoms with Crippen molar-refractivity contribution in [2.75, 3.05) is 0 Å². The van der Waals surface area contributed by atoms with Crippen LogP contribution in [0.1, 0.15) is 0 Å². The topological polar surface area (TPSA) is 26.3 Å². The van der Waals surface area contributed by atoms with Gasteiger partial charge >= 0.3 is 8.03 Å².